The molecule has 3 rings (SSSR count). The Morgan fingerprint density at radius 3 is 2.48 bits per heavy atom. The second-order valence-corrected chi connectivity index (χ2v) is 6.86. The SMILES string of the molecule is Cn1c(=O)ccn(CC(=O)NC2CCN(c3ccc(C(F)(F)F)cn3)CC2)c1=O. The molecular weight excluding hydrogens is 391 g/mol. The van der Waals surface area contributed by atoms with E-state index < -0.39 is 23.0 Å². The smallest absolute Gasteiger partial charge is 0.356 e. The molecule has 0 bridgehead atoms. The Morgan fingerprint density at radius 2 is 1.90 bits per heavy atom. The van der Waals surface area contributed by atoms with Crippen LogP contribution in [0, 0.1) is 0 Å². The molecule has 1 N–H and O–H groups in total. The fraction of sp³-hybridized carbons (Fsp3) is 0.444. The molecule has 1 fully saturated rings. The molecule has 3 heterocycles. The Bertz CT molecular complexity index is 990. The molecule has 11 heteroatoms. The summed E-state index contributed by atoms with van der Waals surface area (Å²) >= 11 is 0. The van der Waals surface area contributed by atoms with E-state index in [1.54, 1.807) is 0 Å². The van der Waals surface area contributed by atoms with Gasteiger partial charge < -0.3 is 10.2 Å². The first-order chi connectivity index (χ1) is 13.6. The summed E-state index contributed by atoms with van der Waals surface area (Å²) in [6.07, 6.45) is -1.14. The summed E-state index contributed by atoms with van der Waals surface area (Å²) in [5, 5.41) is 2.85. The molecule has 0 unspecified atom stereocenters. The van der Waals surface area contributed by atoms with Crippen molar-refractivity contribution in [2.45, 2.75) is 31.6 Å². The lowest BCUT2D eigenvalue weighted by Crippen LogP contribution is -2.47. The molecule has 2 aromatic rings. The Labute approximate surface area is 163 Å². The van der Waals surface area contributed by atoms with Gasteiger partial charge in [-0.05, 0) is 25.0 Å². The van der Waals surface area contributed by atoms with Crippen molar-refractivity contribution in [1.29, 1.82) is 0 Å². The summed E-state index contributed by atoms with van der Waals surface area (Å²) in [6, 6.07) is 3.44. The predicted octanol–water partition coefficient (Wildman–Crippen LogP) is 0.746. The Kier molecular flexibility index (Phi) is 5.76. The van der Waals surface area contributed by atoms with Gasteiger partial charge in [-0.25, -0.2) is 9.78 Å². The van der Waals surface area contributed by atoms with Crippen LogP contribution in [0.25, 0.3) is 0 Å². The van der Waals surface area contributed by atoms with Crippen LogP contribution < -0.4 is 21.5 Å². The van der Waals surface area contributed by atoms with Crippen molar-refractivity contribution in [3.8, 4) is 0 Å². The molecule has 0 aromatic carbocycles. The van der Waals surface area contributed by atoms with Gasteiger partial charge in [0.05, 0.1) is 5.56 Å². The number of pyridine rings is 1. The van der Waals surface area contributed by atoms with Crippen molar-refractivity contribution in [2.75, 3.05) is 18.0 Å². The zero-order valence-corrected chi connectivity index (χ0v) is 15.6. The van der Waals surface area contributed by atoms with Crippen LogP contribution in [0.1, 0.15) is 18.4 Å². The molecule has 29 heavy (non-hydrogen) atoms. The summed E-state index contributed by atoms with van der Waals surface area (Å²) in [6.45, 7) is 0.861. The minimum absolute atomic E-state index is 0.114. The highest BCUT2D eigenvalue weighted by atomic mass is 19.4. The predicted molar refractivity (Wildman–Crippen MR) is 98.6 cm³/mol. The van der Waals surface area contributed by atoms with E-state index in [0.29, 0.717) is 31.7 Å². The molecule has 1 amide bonds. The third kappa shape index (κ3) is 4.84. The zero-order valence-electron chi connectivity index (χ0n) is 15.6. The van der Waals surface area contributed by atoms with Crippen LogP contribution in [-0.2, 0) is 24.6 Å². The lowest BCUT2D eigenvalue weighted by atomic mass is 10.0. The molecule has 1 aliphatic heterocycles. The van der Waals surface area contributed by atoms with Crippen molar-refractivity contribution in [3.05, 3.63) is 57.0 Å². The molecule has 0 radical (unpaired) electrons. The van der Waals surface area contributed by atoms with Crippen molar-refractivity contribution in [2.24, 2.45) is 7.05 Å². The Hall–Kier alpha value is -3.11. The number of alkyl halides is 3. The average Bonchev–Trinajstić information content (AvgIpc) is 2.68. The molecule has 2 aromatic heterocycles. The van der Waals surface area contributed by atoms with E-state index >= 15 is 0 Å². The molecule has 0 atom stereocenters. The normalized spacial score (nSPS) is 15.4. The number of hydrogen-bond acceptors (Lipinski definition) is 5. The fourth-order valence-corrected chi connectivity index (χ4v) is 3.16. The van der Waals surface area contributed by atoms with Crippen LogP contribution in [0.15, 0.2) is 40.2 Å². The van der Waals surface area contributed by atoms with E-state index in [9.17, 15) is 27.6 Å². The number of hydrogen-bond donors (Lipinski definition) is 1. The summed E-state index contributed by atoms with van der Waals surface area (Å²) in [7, 11) is 1.34. The standard InChI is InChI=1S/C18H20F3N5O3/c1-24-16(28)6-9-26(17(24)29)11-15(27)23-13-4-7-25(8-5-13)14-3-2-12(10-22-14)18(19,20)21/h2-3,6,9-10,13H,4-5,7-8,11H2,1H3,(H,23,27). The number of amides is 1. The van der Waals surface area contributed by atoms with Crippen LogP contribution in [0.4, 0.5) is 19.0 Å². The highest BCUT2D eigenvalue weighted by Gasteiger charge is 2.31. The number of carbonyl (C=O) groups excluding carboxylic acids is 1. The molecular formula is C18H20F3N5O3. The van der Waals surface area contributed by atoms with Gasteiger partial charge in [0.2, 0.25) is 5.91 Å². The first-order valence-corrected chi connectivity index (χ1v) is 8.99. The second-order valence-electron chi connectivity index (χ2n) is 6.86. The Morgan fingerprint density at radius 1 is 1.21 bits per heavy atom. The number of halogens is 3. The largest absolute Gasteiger partial charge is 0.417 e. The summed E-state index contributed by atoms with van der Waals surface area (Å²) in [5.74, 6) is 0.108. The highest BCUT2D eigenvalue weighted by molar-refractivity contribution is 5.76. The first kappa shape index (κ1) is 20.6. The van der Waals surface area contributed by atoms with Crippen LogP contribution in [0.2, 0.25) is 0 Å². The zero-order chi connectivity index (χ0) is 21.2. The van der Waals surface area contributed by atoms with Crippen LogP contribution in [0.5, 0.6) is 0 Å². The van der Waals surface area contributed by atoms with Gasteiger partial charge in [-0.3, -0.25) is 18.7 Å². The van der Waals surface area contributed by atoms with E-state index in [1.165, 1.54) is 25.4 Å². The third-order valence-electron chi connectivity index (χ3n) is 4.83. The molecule has 0 saturated carbocycles. The van der Waals surface area contributed by atoms with Gasteiger partial charge in [-0.2, -0.15) is 13.2 Å². The lowest BCUT2D eigenvalue weighted by molar-refractivity contribution is -0.137. The fourth-order valence-electron chi connectivity index (χ4n) is 3.16. The number of piperidine rings is 1. The van der Waals surface area contributed by atoms with Crippen LogP contribution >= 0.6 is 0 Å². The van der Waals surface area contributed by atoms with Crippen LogP contribution in [0.3, 0.4) is 0 Å². The number of nitrogens with zero attached hydrogens (tertiary/aromatic N) is 4. The lowest BCUT2D eigenvalue weighted by Gasteiger charge is -2.33. The maximum atomic E-state index is 12.6. The van der Waals surface area contributed by atoms with E-state index in [2.05, 4.69) is 10.3 Å². The quantitative estimate of drug-likeness (QED) is 0.802. The number of aromatic nitrogens is 3. The highest BCUT2D eigenvalue weighted by Crippen LogP contribution is 2.29. The van der Waals surface area contributed by atoms with Gasteiger partial charge >= 0.3 is 11.9 Å². The summed E-state index contributed by atoms with van der Waals surface area (Å²) in [5.41, 5.74) is -1.82. The Balaban J connectivity index is 1.53. The molecule has 156 valence electrons. The molecule has 1 aliphatic rings. The molecule has 1 saturated heterocycles. The van der Waals surface area contributed by atoms with E-state index in [0.717, 1.165) is 21.4 Å². The second kappa shape index (κ2) is 8.10. The third-order valence-corrected chi connectivity index (χ3v) is 4.83. The number of rotatable bonds is 4. The van der Waals surface area contributed by atoms with E-state index in [4.69, 9.17) is 0 Å². The summed E-state index contributed by atoms with van der Waals surface area (Å²) in [4.78, 5) is 41.3. The molecule has 8 nitrogen and oxygen atoms in total. The summed E-state index contributed by atoms with van der Waals surface area (Å²) < 4.78 is 39.9. The molecule has 0 spiro atoms. The van der Waals surface area contributed by atoms with E-state index in [1.807, 2.05) is 4.90 Å². The van der Waals surface area contributed by atoms with Gasteiger partial charge in [0.25, 0.3) is 5.56 Å². The molecule has 0 aliphatic carbocycles. The van der Waals surface area contributed by atoms with Gasteiger partial charge in [0.1, 0.15) is 12.4 Å². The first-order valence-electron chi connectivity index (χ1n) is 8.99. The van der Waals surface area contributed by atoms with Gasteiger partial charge in [0.15, 0.2) is 0 Å². The van der Waals surface area contributed by atoms with Gasteiger partial charge in [-0.15, -0.1) is 0 Å². The van der Waals surface area contributed by atoms with E-state index in [-0.39, 0.29) is 18.5 Å². The number of carbonyl (C=O) groups is 1. The maximum absolute atomic E-state index is 12.6. The number of nitrogens with one attached hydrogen (secondary N) is 1. The number of anilines is 1. The minimum atomic E-state index is -4.42. The van der Waals surface area contributed by atoms with Crippen molar-refractivity contribution < 1.29 is 18.0 Å². The van der Waals surface area contributed by atoms with Gasteiger partial charge in [-0.1, -0.05) is 0 Å². The van der Waals surface area contributed by atoms with Gasteiger partial charge in [0, 0.05) is 44.6 Å². The monoisotopic (exact) mass is 411 g/mol. The maximum Gasteiger partial charge on any atom is 0.417 e. The van der Waals surface area contributed by atoms with Crippen LogP contribution in [-0.4, -0.2) is 39.2 Å². The van der Waals surface area contributed by atoms with Crippen molar-refractivity contribution in [3.63, 3.8) is 0 Å². The van der Waals surface area contributed by atoms with Crippen molar-refractivity contribution >= 4 is 11.7 Å². The average molecular weight is 411 g/mol. The topological polar surface area (TPSA) is 89.2 Å². The minimum Gasteiger partial charge on any atom is -0.356 e. The van der Waals surface area contributed by atoms with Crippen molar-refractivity contribution in [1.82, 2.24) is 19.4 Å².